The van der Waals surface area contributed by atoms with Gasteiger partial charge in [-0.3, -0.25) is 9.20 Å². The van der Waals surface area contributed by atoms with Gasteiger partial charge in [-0.25, -0.2) is 4.98 Å². The Labute approximate surface area is 231 Å². The van der Waals surface area contributed by atoms with Crippen LogP contribution in [0.15, 0.2) is 70.7 Å². The minimum absolute atomic E-state index is 0.0705. The molecule has 0 radical (unpaired) electrons. The first-order valence-corrected chi connectivity index (χ1v) is 14.2. The molecule has 3 heterocycles. The quantitative estimate of drug-likeness (QED) is 0.289. The molecule has 208 valence electrons. The third-order valence-electron chi connectivity index (χ3n) is 7.36. The van der Waals surface area contributed by atoms with Crippen molar-refractivity contribution in [3.05, 3.63) is 82.0 Å². The van der Waals surface area contributed by atoms with Crippen LogP contribution < -0.4 is 15.8 Å². The average molecular weight is 519 g/mol. The highest BCUT2D eigenvalue weighted by Crippen LogP contribution is 2.21. The largest absolute Gasteiger partial charge is 0.367 e. The molecule has 0 spiro atoms. The molecule has 38 heavy (non-hydrogen) atoms. The maximum atomic E-state index is 12.8. The van der Waals surface area contributed by atoms with Crippen LogP contribution in [-0.4, -0.2) is 34.6 Å². The first-order chi connectivity index (χ1) is 18.0. The topological polar surface area (TPSA) is 49.6 Å². The van der Waals surface area contributed by atoms with E-state index in [4.69, 9.17) is 4.98 Å². The van der Waals surface area contributed by atoms with Gasteiger partial charge in [0, 0.05) is 37.4 Å². The molecule has 1 fully saturated rings. The number of unbranched alkanes of at least 4 members (excludes halogenated alkanes) is 1. The van der Waals surface area contributed by atoms with Crippen molar-refractivity contribution in [2.45, 2.75) is 93.7 Å². The van der Waals surface area contributed by atoms with Gasteiger partial charge >= 0.3 is 0 Å². The lowest BCUT2D eigenvalue weighted by Gasteiger charge is -2.37. The van der Waals surface area contributed by atoms with Crippen molar-refractivity contribution in [3.63, 3.8) is 0 Å². The SMILES string of the molecule is C=C(C)/C(C)=C/C(=C\C)c1cc(=O)n2cc(N3CC(C)N[C@@H](C)C3)ccc2n1.CCC/C=C(/C)C(C)CC. The van der Waals surface area contributed by atoms with E-state index >= 15 is 0 Å². The van der Waals surface area contributed by atoms with Crippen molar-refractivity contribution in [1.29, 1.82) is 0 Å². The number of pyridine rings is 1. The lowest BCUT2D eigenvalue weighted by molar-refractivity contribution is 0.407. The van der Waals surface area contributed by atoms with E-state index in [0.29, 0.717) is 23.4 Å². The summed E-state index contributed by atoms with van der Waals surface area (Å²) in [5.41, 5.74) is 6.88. The number of rotatable bonds is 8. The Bertz CT molecular complexity index is 1220. The molecule has 5 heteroatoms. The number of anilines is 1. The van der Waals surface area contributed by atoms with E-state index in [1.165, 1.54) is 19.3 Å². The minimum Gasteiger partial charge on any atom is -0.367 e. The van der Waals surface area contributed by atoms with Gasteiger partial charge in [-0.1, -0.05) is 57.1 Å². The molecular weight excluding hydrogens is 468 g/mol. The molecule has 1 aliphatic heterocycles. The fourth-order valence-electron chi connectivity index (χ4n) is 4.52. The summed E-state index contributed by atoms with van der Waals surface area (Å²) in [5, 5.41) is 3.54. The van der Waals surface area contributed by atoms with Gasteiger partial charge in [0.25, 0.3) is 5.56 Å². The Morgan fingerprint density at radius 1 is 1.18 bits per heavy atom. The summed E-state index contributed by atoms with van der Waals surface area (Å²) in [4.78, 5) is 19.9. The average Bonchev–Trinajstić information content (AvgIpc) is 2.89. The molecule has 0 aliphatic carbocycles. The normalized spacial score (nSPS) is 19.7. The number of hydrogen-bond acceptors (Lipinski definition) is 4. The van der Waals surface area contributed by atoms with E-state index in [9.17, 15) is 4.79 Å². The number of piperazine rings is 1. The van der Waals surface area contributed by atoms with Crippen LogP contribution in [0, 0.1) is 5.92 Å². The summed E-state index contributed by atoms with van der Waals surface area (Å²) in [6.45, 7) is 25.1. The van der Waals surface area contributed by atoms with Gasteiger partial charge in [-0.05, 0) is 89.7 Å². The molecule has 0 amide bonds. The Morgan fingerprint density at radius 3 is 2.39 bits per heavy atom. The van der Waals surface area contributed by atoms with Crippen molar-refractivity contribution >= 4 is 16.9 Å². The van der Waals surface area contributed by atoms with E-state index in [1.54, 1.807) is 16.0 Å². The fourth-order valence-corrected chi connectivity index (χ4v) is 4.52. The zero-order valence-electron chi connectivity index (χ0n) is 25.3. The van der Waals surface area contributed by atoms with E-state index in [0.717, 1.165) is 41.4 Å². The van der Waals surface area contributed by atoms with Gasteiger partial charge in [0.05, 0.1) is 11.4 Å². The molecular formula is C33H50N4O. The zero-order valence-corrected chi connectivity index (χ0v) is 25.3. The fraction of sp³-hybridized carbons (Fsp3) is 0.515. The van der Waals surface area contributed by atoms with Gasteiger partial charge in [-0.15, -0.1) is 0 Å². The van der Waals surface area contributed by atoms with Gasteiger partial charge < -0.3 is 10.2 Å². The summed E-state index contributed by atoms with van der Waals surface area (Å²) >= 11 is 0. The second kappa shape index (κ2) is 14.9. The van der Waals surface area contributed by atoms with Crippen LogP contribution in [0.2, 0.25) is 0 Å². The summed E-state index contributed by atoms with van der Waals surface area (Å²) in [5.74, 6) is 0.784. The Hall–Kier alpha value is -2.92. The molecule has 1 aliphatic rings. The highest BCUT2D eigenvalue weighted by Gasteiger charge is 2.21. The number of allylic oxidation sites excluding steroid dienone is 7. The molecule has 1 N–H and O–H groups in total. The number of fused-ring (bicyclic) bond motifs is 1. The minimum atomic E-state index is -0.0705. The molecule has 0 bridgehead atoms. The highest BCUT2D eigenvalue weighted by molar-refractivity contribution is 5.74. The van der Waals surface area contributed by atoms with Crippen molar-refractivity contribution in [1.82, 2.24) is 14.7 Å². The lowest BCUT2D eigenvalue weighted by Crippen LogP contribution is -2.54. The van der Waals surface area contributed by atoms with Crippen molar-refractivity contribution < 1.29 is 0 Å². The van der Waals surface area contributed by atoms with E-state index < -0.39 is 0 Å². The van der Waals surface area contributed by atoms with Gasteiger partial charge in [0.1, 0.15) is 5.65 Å². The van der Waals surface area contributed by atoms with Crippen LogP contribution >= 0.6 is 0 Å². The summed E-state index contributed by atoms with van der Waals surface area (Å²) in [7, 11) is 0. The van der Waals surface area contributed by atoms with Crippen molar-refractivity contribution in [3.8, 4) is 0 Å². The number of nitrogens with zero attached hydrogens (tertiary/aromatic N) is 3. The standard InChI is InChI=1S/C23H30N4O.C10H20/c1-7-19(10-16(4)15(2)3)21-11-23(28)27-14-20(8-9-22(27)25-21)26-12-17(5)24-18(6)13-26;1-5-7-8-10(4)9(3)6-2/h7-11,14,17-18,24H,2,12-13H2,1,3-6H3;8-9H,5-7H2,1-4H3/b16-10+,19-7+;10-8-/t17-,18?;/m0./s1. The molecule has 2 aromatic rings. The molecule has 1 saturated heterocycles. The molecule has 3 atom stereocenters. The lowest BCUT2D eigenvalue weighted by atomic mass is 9.99. The number of hydrogen-bond donors (Lipinski definition) is 1. The predicted molar refractivity (Wildman–Crippen MR) is 166 cm³/mol. The van der Waals surface area contributed by atoms with E-state index in [2.05, 4.69) is 70.5 Å². The Morgan fingerprint density at radius 2 is 1.84 bits per heavy atom. The third-order valence-corrected chi connectivity index (χ3v) is 7.36. The first kappa shape index (κ1) is 31.3. The summed E-state index contributed by atoms with van der Waals surface area (Å²) in [6, 6.07) is 6.42. The van der Waals surface area contributed by atoms with Crippen LogP contribution in [0.25, 0.3) is 11.2 Å². The zero-order chi connectivity index (χ0) is 28.4. The maximum absolute atomic E-state index is 12.8. The molecule has 0 aromatic carbocycles. The number of aromatic nitrogens is 2. The van der Waals surface area contributed by atoms with E-state index in [-0.39, 0.29) is 5.56 Å². The van der Waals surface area contributed by atoms with Crippen molar-refractivity contribution in [2.75, 3.05) is 18.0 Å². The summed E-state index contributed by atoms with van der Waals surface area (Å²) in [6.07, 6.45) is 12.1. The summed E-state index contributed by atoms with van der Waals surface area (Å²) < 4.78 is 1.64. The second-order valence-corrected chi connectivity index (χ2v) is 10.9. The number of nitrogens with one attached hydrogen (secondary N) is 1. The maximum Gasteiger partial charge on any atom is 0.258 e. The highest BCUT2D eigenvalue weighted by atomic mass is 16.1. The van der Waals surface area contributed by atoms with Crippen LogP contribution in [0.5, 0.6) is 0 Å². The second-order valence-electron chi connectivity index (χ2n) is 10.9. The van der Waals surface area contributed by atoms with Gasteiger partial charge in [0.15, 0.2) is 0 Å². The smallest absolute Gasteiger partial charge is 0.258 e. The van der Waals surface area contributed by atoms with Crippen molar-refractivity contribution in [2.24, 2.45) is 5.92 Å². The molecule has 0 saturated carbocycles. The van der Waals surface area contributed by atoms with Crippen LogP contribution in [-0.2, 0) is 0 Å². The predicted octanol–water partition coefficient (Wildman–Crippen LogP) is 7.59. The Kier molecular flexibility index (Phi) is 12.2. The van der Waals surface area contributed by atoms with Crippen LogP contribution in [0.3, 0.4) is 0 Å². The van der Waals surface area contributed by atoms with Crippen LogP contribution in [0.1, 0.15) is 87.3 Å². The molecule has 5 nitrogen and oxygen atoms in total. The van der Waals surface area contributed by atoms with Crippen LogP contribution in [0.4, 0.5) is 5.69 Å². The molecule has 2 unspecified atom stereocenters. The van der Waals surface area contributed by atoms with Gasteiger partial charge in [0.2, 0.25) is 0 Å². The molecule has 3 rings (SSSR count). The monoisotopic (exact) mass is 518 g/mol. The van der Waals surface area contributed by atoms with Gasteiger partial charge in [-0.2, -0.15) is 0 Å². The molecule has 2 aromatic heterocycles. The first-order valence-electron chi connectivity index (χ1n) is 14.2. The van der Waals surface area contributed by atoms with E-state index in [1.807, 2.05) is 45.2 Å². The Balaban J connectivity index is 0.000000432. The third kappa shape index (κ3) is 8.83.